The molecular formula is C12H19N3O. The van der Waals surface area contributed by atoms with E-state index in [1.54, 1.807) is 0 Å². The Kier molecular flexibility index (Phi) is 4.95. The van der Waals surface area contributed by atoms with Gasteiger partial charge in [0, 0.05) is 12.6 Å². The van der Waals surface area contributed by atoms with Gasteiger partial charge in [-0.15, -0.1) is 0 Å². The van der Waals surface area contributed by atoms with Crippen LogP contribution >= 0.6 is 0 Å². The molecule has 0 aromatic heterocycles. The lowest BCUT2D eigenvalue weighted by atomic mass is 10.2. The first kappa shape index (κ1) is 12.7. The Balaban J connectivity index is 2.62. The molecular weight excluding hydrogens is 202 g/mol. The summed E-state index contributed by atoms with van der Waals surface area (Å²) < 4.78 is 0. The Morgan fingerprint density at radius 1 is 1.38 bits per heavy atom. The molecule has 1 rings (SSSR count). The van der Waals surface area contributed by atoms with Crippen LogP contribution in [0.3, 0.4) is 0 Å². The van der Waals surface area contributed by atoms with Gasteiger partial charge in [-0.05, 0) is 19.4 Å². The number of hydrogen-bond donors (Lipinski definition) is 2. The van der Waals surface area contributed by atoms with E-state index in [1.165, 1.54) is 5.56 Å². The van der Waals surface area contributed by atoms with E-state index in [4.69, 9.17) is 5.84 Å². The molecule has 0 fully saturated rings. The highest BCUT2D eigenvalue weighted by molar-refractivity contribution is 5.77. The second-order valence-corrected chi connectivity index (χ2v) is 4.05. The largest absolute Gasteiger partial charge is 0.293 e. The topological polar surface area (TPSA) is 58.4 Å². The van der Waals surface area contributed by atoms with Crippen LogP contribution in [0.4, 0.5) is 0 Å². The molecule has 1 aromatic carbocycles. The summed E-state index contributed by atoms with van der Waals surface area (Å²) in [6.45, 7) is 5.20. The zero-order chi connectivity index (χ0) is 12.0. The van der Waals surface area contributed by atoms with Gasteiger partial charge < -0.3 is 0 Å². The van der Waals surface area contributed by atoms with E-state index in [2.05, 4.69) is 36.3 Å². The summed E-state index contributed by atoms with van der Waals surface area (Å²) in [6, 6.07) is 10.4. The van der Waals surface area contributed by atoms with E-state index < -0.39 is 0 Å². The SMILES string of the molecule is CC(C)N(CC(=O)NN)Cc1ccccc1. The number of hydrogen-bond acceptors (Lipinski definition) is 3. The first-order valence-corrected chi connectivity index (χ1v) is 5.41. The molecule has 0 atom stereocenters. The van der Waals surface area contributed by atoms with Crippen molar-refractivity contribution in [3.05, 3.63) is 35.9 Å². The van der Waals surface area contributed by atoms with Crippen LogP contribution in [-0.2, 0) is 11.3 Å². The molecule has 0 saturated carbocycles. The number of nitrogens with zero attached hydrogens (tertiary/aromatic N) is 1. The number of nitrogens with two attached hydrogens (primary N) is 1. The predicted octanol–water partition coefficient (Wildman–Crippen LogP) is 0.887. The molecule has 0 radical (unpaired) electrons. The predicted molar refractivity (Wildman–Crippen MR) is 64.3 cm³/mol. The van der Waals surface area contributed by atoms with E-state index in [-0.39, 0.29) is 5.91 Å². The van der Waals surface area contributed by atoms with Crippen molar-refractivity contribution in [1.82, 2.24) is 10.3 Å². The molecule has 4 heteroatoms. The van der Waals surface area contributed by atoms with E-state index in [0.29, 0.717) is 12.6 Å². The van der Waals surface area contributed by atoms with Crippen LogP contribution in [0.1, 0.15) is 19.4 Å². The van der Waals surface area contributed by atoms with Crippen LogP contribution in [0.5, 0.6) is 0 Å². The van der Waals surface area contributed by atoms with Crippen molar-refractivity contribution < 1.29 is 4.79 Å². The molecule has 0 bridgehead atoms. The molecule has 88 valence electrons. The zero-order valence-corrected chi connectivity index (χ0v) is 9.81. The Morgan fingerprint density at radius 3 is 2.50 bits per heavy atom. The average molecular weight is 221 g/mol. The molecule has 4 nitrogen and oxygen atoms in total. The minimum atomic E-state index is -0.162. The van der Waals surface area contributed by atoms with Crippen LogP contribution < -0.4 is 11.3 Å². The van der Waals surface area contributed by atoms with E-state index in [9.17, 15) is 4.79 Å². The normalized spacial score (nSPS) is 10.8. The number of benzene rings is 1. The molecule has 0 aliphatic rings. The number of amides is 1. The van der Waals surface area contributed by atoms with Gasteiger partial charge in [-0.2, -0.15) is 0 Å². The molecule has 16 heavy (non-hydrogen) atoms. The van der Waals surface area contributed by atoms with E-state index >= 15 is 0 Å². The summed E-state index contributed by atoms with van der Waals surface area (Å²) in [5, 5.41) is 0. The van der Waals surface area contributed by atoms with Crippen molar-refractivity contribution in [2.24, 2.45) is 5.84 Å². The number of carbonyl (C=O) groups is 1. The third-order valence-electron chi connectivity index (χ3n) is 2.47. The van der Waals surface area contributed by atoms with Gasteiger partial charge >= 0.3 is 0 Å². The smallest absolute Gasteiger partial charge is 0.248 e. The lowest BCUT2D eigenvalue weighted by molar-refractivity contribution is -0.122. The van der Waals surface area contributed by atoms with Crippen molar-refractivity contribution in [1.29, 1.82) is 0 Å². The van der Waals surface area contributed by atoms with Gasteiger partial charge in [-0.1, -0.05) is 30.3 Å². The average Bonchev–Trinajstić information content (AvgIpc) is 2.29. The summed E-state index contributed by atoms with van der Waals surface area (Å²) in [6.07, 6.45) is 0. The Morgan fingerprint density at radius 2 is 2.00 bits per heavy atom. The molecule has 0 saturated heterocycles. The monoisotopic (exact) mass is 221 g/mol. The van der Waals surface area contributed by atoms with Crippen LogP contribution in [0.15, 0.2) is 30.3 Å². The fraction of sp³-hybridized carbons (Fsp3) is 0.417. The van der Waals surface area contributed by atoms with Gasteiger partial charge in [0.25, 0.3) is 0 Å². The van der Waals surface area contributed by atoms with Crippen molar-refractivity contribution in [2.45, 2.75) is 26.4 Å². The van der Waals surface area contributed by atoms with E-state index in [0.717, 1.165) is 6.54 Å². The Bertz CT molecular complexity index is 324. The fourth-order valence-corrected chi connectivity index (χ4v) is 1.47. The van der Waals surface area contributed by atoms with Crippen LogP contribution in [0.25, 0.3) is 0 Å². The standard InChI is InChI=1S/C12H19N3O/c1-10(2)15(9-12(16)14-13)8-11-6-4-3-5-7-11/h3-7,10H,8-9,13H2,1-2H3,(H,14,16). The lowest BCUT2D eigenvalue weighted by Gasteiger charge is -2.25. The second kappa shape index (κ2) is 6.25. The summed E-state index contributed by atoms with van der Waals surface area (Å²) in [5.74, 6) is 4.93. The van der Waals surface area contributed by atoms with Gasteiger partial charge in [0.1, 0.15) is 0 Å². The van der Waals surface area contributed by atoms with Gasteiger partial charge in [-0.25, -0.2) is 5.84 Å². The number of carbonyl (C=O) groups excluding carboxylic acids is 1. The van der Waals surface area contributed by atoms with Crippen molar-refractivity contribution >= 4 is 5.91 Å². The molecule has 1 aromatic rings. The highest BCUT2D eigenvalue weighted by Gasteiger charge is 2.13. The molecule has 0 heterocycles. The zero-order valence-electron chi connectivity index (χ0n) is 9.81. The molecule has 0 unspecified atom stereocenters. The minimum absolute atomic E-state index is 0.162. The van der Waals surface area contributed by atoms with Gasteiger partial charge in [0.2, 0.25) is 5.91 Å². The number of rotatable bonds is 5. The van der Waals surface area contributed by atoms with Crippen molar-refractivity contribution in [3.8, 4) is 0 Å². The minimum Gasteiger partial charge on any atom is -0.293 e. The highest BCUT2D eigenvalue weighted by Crippen LogP contribution is 2.07. The maximum atomic E-state index is 11.2. The molecule has 0 aliphatic heterocycles. The highest BCUT2D eigenvalue weighted by atomic mass is 16.2. The quantitative estimate of drug-likeness (QED) is 0.441. The van der Waals surface area contributed by atoms with Gasteiger partial charge in [-0.3, -0.25) is 15.1 Å². The number of nitrogens with one attached hydrogen (secondary N) is 1. The molecule has 0 aliphatic carbocycles. The molecule has 1 amide bonds. The van der Waals surface area contributed by atoms with Gasteiger partial charge in [0.15, 0.2) is 0 Å². The first-order chi connectivity index (χ1) is 7.63. The van der Waals surface area contributed by atoms with Crippen LogP contribution in [0, 0.1) is 0 Å². The van der Waals surface area contributed by atoms with E-state index in [1.807, 2.05) is 18.2 Å². The summed E-state index contributed by atoms with van der Waals surface area (Å²) in [7, 11) is 0. The summed E-state index contributed by atoms with van der Waals surface area (Å²) >= 11 is 0. The lowest BCUT2D eigenvalue weighted by Crippen LogP contribution is -2.42. The van der Waals surface area contributed by atoms with Gasteiger partial charge in [0.05, 0.1) is 6.54 Å². The molecule has 0 spiro atoms. The third-order valence-corrected chi connectivity index (χ3v) is 2.47. The maximum Gasteiger partial charge on any atom is 0.248 e. The van der Waals surface area contributed by atoms with Crippen molar-refractivity contribution in [3.63, 3.8) is 0 Å². The third kappa shape index (κ3) is 4.00. The Hall–Kier alpha value is -1.39. The molecule has 3 N–H and O–H groups in total. The summed E-state index contributed by atoms with van der Waals surface area (Å²) in [4.78, 5) is 13.3. The maximum absolute atomic E-state index is 11.2. The number of hydrazine groups is 1. The first-order valence-electron chi connectivity index (χ1n) is 5.41. The Labute approximate surface area is 96.4 Å². The van der Waals surface area contributed by atoms with Crippen LogP contribution in [-0.4, -0.2) is 23.4 Å². The second-order valence-electron chi connectivity index (χ2n) is 4.05. The van der Waals surface area contributed by atoms with Crippen molar-refractivity contribution in [2.75, 3.05) is 6.54 Å². The fourth-order valence-electron chi connectivity index (χ4n) is 1.47. The summed E-state index contributed by atoms with van der Waals surface area (Å²) in [5.41, 5.74) is 3.35. The van der Waals surface area contributed by atoms with Crippen LogP contribution in [0.2, 0.25) is 0 Å².